The van der Waals surface area contributed by atoms with Crippen molar-refractivity contribution in [2.75, 3.05) is 13.1 Å². The molecule has 1 saturated heterocycles. The van der Waals surface area contributed by atoms with Crippen molar-refractivity contribution >= 4 is 5.91 Å². The number of alkyl halides is 1. The molecule has 0 aromatic rings. The van der Waals surface area contributed by atoms with Crippen LogP contribution in [0.4, 0.5) is 4.39 Å². The Morgan fingerprint density at radius 3 is 2.29 bits per heavy atom. The highest BCUT2D eigenvalue weighted by atomic mass is 19.1. The van der Waals surface area contributed by atoms with Crippen molar-refractivity contribution < 1.29 is 9.18 Å². The first-order valence-corrected chi connectivity index (χ1v) is 5.46. The number of piperidine rings is 1. The smallest absolute Gasteiger partial charge is 0.222 e. The number of likely N-dealkylation sites (tertiary alicyclic amines) is 1. The van der Waals surface area contributed by atoms with Gasteiger partial charge in [-0.15, -0.1) is 0 Å². The van der Waals surface area contributed by atoms with Crippen molar-refractivity contribution in [2.45, 2.75) is 45.7 Å². The first kappa shape index (κ1) is 11.5. The lowest BCUT2D eigenvalue weighted by Gasteiger charge is -2.38. The summed E-state index contributed by atoms with van der Waals surface area (Å²) in [5, 5.41) is 0. The molecule has 0 atom stereocenters. The molecule has 1 heterocycles. The molecule has 2 nitrogen and oxygen atoms in total. The van der Waals surface area contributed by atoms with Gasteiger partial charge in [0.1, 0.15) is 5.67 Å². The Morgan fingerprint density at radius 2 is 1.93 bits per heavy atom. The van der Waals surface area contributed by atoms with Crippen LogP contribution < -0.4 is 0 Å². The van der Waals surface area contributed by atoms with E-state index in [2.05, 4.69) is 0 Å². The lowest BCUT2D eigenvalue weighted by molar-refractivity contribution is -0.134. The van der Waals surface area contributed by atoms with Gasteiger partial charge in [-0.05, 0) is 18.8 Å². The Morgan fingerprint density at radius 1 is 1.43 bits per heavy atom. The van der Waals surface area contributed by atoms with Crippen molar-refractivity contribution in [3.05, 3.63) is 0 Å². The average molecular weight is 201 g/mol. The van der Waals surface area contributed by atoms with Crippen LogP contribution in [0.3, 0.4) is 0 Å². The van der Waals surface area contributed by atoms with Crippen LogP contribution in [0.1, 0.15) is 40.0 Å². The summed E-state index contributed by atoms with van der Waals surface area (Å²) < 4.78 is 14.1. The Kier molecular flexibility index (Phi) is 3.51. The zero-order valence-electron chi connectivity index (χ0n) is 9.35. The monoisotopic (exact) mass is 201 g/mol. The zero-order valence-corrected chi connectivity index (χ0v) is 9.35. The van der Waals surface area contributed by atoms with E-state index in [1.54, 1.807) is 4.90 Å². The van der Waals surface area contributed by atoms with Crippen molar-refractivity contribution in [3.63, 3.8) is 0 Å². The predicted molar refractivity (Wildman–Crippen MR) is 54.8 cm³/mol. The molecular weight excluding hydrogens is 181 g/mol. The van der Waals surface area contributed by atoms with Gasteiger partial charge in [-0.2, -0.15) is 0 Å². The fourth-order valence-corrected chi connectivity index (χ4v) is 1.93. The molecule has 0 bridgehead atoms. The average Bonchev–Trinajstić information content (AvgIpc) is 2.17. The SMILES string of the molecule is CCC(=O)N1CCC(F)(C(C)C)CC1. The Labute approximate surface area is 85.5 Å². The van der Waals surface area contributed by atoms with E-state index < -0.39 is 5.67 Å². The van der Waals surface area contributed by atoms with Gasteiger partial charge in [0.05, 0.1) is 0 Å². The van der Waals surface area contributed by atoms with E-state index in [1.807, 2.05) is 20.8 Å². The standard InChI is InChI=1S/C11H20FNO/c1-4-10(14)13-7-5-11(12,6-8-13)9(2)3/h9H,4-8H2,1-3H3. The van der Waals surface area contributed by atoms with E-state index in [-0.39, 0.29) is 11.8 Å². The van der Waals surface area contributed by atoms with Crippen molar-refractivity contribution in [3.8, 4) is 0 Å². The normalized spacial score (nSPS) is 21.4. The minimum atomic E-state index is -1.05. The molecule has 0 aromatic heterocycles. The van der Waals surface area contributed by atoms with Gasteiger partial charge >= 0.3 is 0 Å². The van der Waals surface area contributed by atoms with Gasteiger partial charge in [-0.1, -0.05) is 20.8 Å². The first-order valence-electron chi connectivity index (χ1n) is 5.46. The molecule has 1 aliphatic rings. The fourth-order valence-electron chi connectivity index (χ4n) is 1.93. The summed E-state index contributed by atoms with van der Waals surface area (Å²) in [6.45, 7) is 6.85. The van der Waals surface area contributed by atoms with E-state index in [0.29, 0.717) is 32.4 Å². The molecule has 0 radical (unpaired) electrons. The second-order valence-corrected chi connectivity index (χ2v) is 4.42. The van der Waals surface area contributed by atoms with Gasteiger partial charge in [0.25, 0.3) is 0 Å². The van der Waals surface area contributed by atoms with Crippen LogP contribution in [0.25, 0.3) is 0 Å². The predicted octanol–water partition coefficient (Wildman–Crippen LogP) is 2.38. The molecule has 1 aliphatic heterocycles. The summed E-state index contributed by atoms with van der Waals surface area (Å²) in [5.74, 6) is 0.206. The van der Waals surface area contributed by atoms with E-state index in [1.165, 1.54) is 0 Å². The third kappa shape index (κ3) is 2.25. The van der Waals surface area contributed by atoms with Gasteiger partial charge in [-0.25, -0.2) is 4.39 Å². The third-order valence-electron chi connectivity index (χ3n) is 3.28. The molecule has 0 saturated carbocycles. The lowest BCUT2D eigenvalue weighted by Crippen LogP contribution is -2.46. The van der Waals surface area contributed by atoms with Crippen LogP contribution in [0.2, 0.25) is 0 Å². The van der Waals surface area contributed by atoms with Crippen LogP contribution in [-0.2, 0) is 4.79 Å². The molecule has 14 heavy (non-hydrogen) atoms. The Hall–Kier alpha value is -0.600. The first-order chi connectivity index (χ1) is 6.49. The summed E-state index contributed by atoms with van der Waals surface area (Å²) in [6.07, 6.45) is 1.52. The van der Waals surface area contributed by atoms with Crippen LogP contribution >= 0.6 is 0 Å². The van der Waals surface area contributed by atoms with Gasteiger partial charge in [0.2, 0.25) is 5.91 Å². The maximum absolute atomic E-state index is 14.1. The summed E-state index contributed by atoms with van der Waals surface area (Å²) in [7, 11) is 0. The van der Waals surface area contributed by atoms with Crippen LogP contribution in [0.5, 0.6) is 0 Å². The molecule has 1 fully saturated rings. The maximum atomic E-state index is 14.1. The largest absolute Gasteiger partial charge is 0.342 e. The minimum absolute atomic E-state index is 0.0568. The molecule has 0 aliphatic carbocycles. The molecule has 1 rings (SSSR count). The fraction of sp³-hybridized carbons (Fsp3) is 0.909. The summed E-state index contributed by atoms with van der Waals surface area (Å²) in [6, 6.07) is 0. The molecular formula is C11H20FNO. The van der Waals surface area contributed by atoms with Gasteiger partial charge in [0, 0.05) is 19.5 Å². The highest BCUT2D eigenvalue weighted by molar-refractivity contribution is 5.75. The van der Waals surface area contributed by atoms with Crippen molar-refractivity contribution in [1.29, 1.82) is 0 Å². The second-order valence-electron chi connectivity index (χ2n) is 4.42. The molecule has 0 aromatic carbocycles. The minimum Gasteiger partial charge on any atom is -0.342 e. The topological polar surface area (TPSA) is 20.3 Å². The molecule has 82 valence electrons. The second kappa shape index (κ2) is 4.28. The molecule has 1 amide bonds. The maximum Gasteiger partial charge on any atom is 0.222 e. The molecule has 0 spiro atoms. The van der Waals surface area contributed by atoms with E-state index in [9.17, 15) is 9.18 Å². The van der Waals surface area contributed by atoms with E-state index >= 15 is 0 Å². The number of hydrogen-bond donors (Lipinski definition) is 0. The highest BCUT2D eigenvalue weighted by Crippen LogP contribution is 2.33. The van der Waals surface area contributed by atoms with E-state index in [4.69, 9.17) is 0 Å². The Bertz CT molecular complexity index is 207. The van der Waals surface area contributed by atoms with Crippen LogP contribution in [-0.4, -0.2) is 29.6 Å². The molecule has 0 unspecified atom stereocenters. The summed E-state index contributed by atoms with van der Waals surface area (Å²) in [4.78, 5) is 13.1. The van der Waals surface area contributed by atoms with Crippen molar-refractivity contribution in [2.24, 2.45) is 5.92 Å². The number of rotatable bonds is 2. The van der Waals surface area contributed by atoms with Crippen molar-refractivity contribution in [1.82, 2.24) is 4.90 Å². The molecule has 3 heteroatoms. The van der Waals surface area contributed by atoms with Crippen LogP contribution in [0, 0.1) is 5.92 Å². The van der Waals surface area contributed by atoms with E-state index in [0.717, 1.165) is 0 Å². The third-order valence-corrected chi connectivity index (χ3v) is 3.28. The number of carbonyl (C=O) groups is 1. The summed E-state index contributed by atoms with van der Waals surface area (Å²) >= 11 is 0. The zero-order chi connectivity index (χ0) is 10.8. The van der Waals surface area contributed by atoms with Gasteiger partial charge in [0.15, 0.2) is 0 Å². The number of nitrogens with zero attached hydrogens (tertiary/aromatic N) is 1. The van der Waals surface area contributed by atoms with Crippen LogP contribution in [0.15, 0.2) is 0 Å². The van der Waals surface area contributed by atoms with Gasteiger partial charge < -0.3 is 4.90 Å². The lowest BCUT2D eigenvalue weighted by atomic mass is 9.83. The summed E-state index contributed by atoms with van der Waals surface area (Å²) in [5.41, 5.74) is -1.05. The molecule has 0 N–H and O–H groups in total. The number of halogens is 1. The number of carbonyl (C=O) groups excluding carboxylic acids is 1. The number of hydrogen-bond acceptors (Lipinski definition) is 1. The number of amides is 1. The quantitative estimate of drug-likeness (QED) is 0.671. The highest BCUT2D eigenvalue weighted by Gasteiger charge is 2.38. The van der Waals surface area contributed by atoms with Gasteiger partial charge in [-0.3, -0.25) is 4.79 Å². The Balaban J connectivity index is 2.49.